The molecule has 2 aromatic carbocycles. The second-order valence-corrected chi connectivity index (χ2v) is 5.46. The molecule has 0 unspecified atom stereocenters. The number of rotatable bonds is 4. The van der Waals surface area contributed by atoms with E-state index in [4.69, 9.17) is 5.26 Å². The van der Waals surface area contributed by atoms with E-state index in [0.717, 1.165) is 31.6 Å². The monoisotopic (exact) mass is 277 g/mol. The molecule has 0 aliphatic carbocycles. The maximum Gasteiger partial charge on any atom is 0.0991 e. The highest BCUT2D eigenvalue weighted by Crippen LogP contribution is 2.19. The summed E-state index contributed by atoms with van der Waals surface area (Å²) in [5, 5.41) is 12.5. The molecule has 1 fully saturated rings. The third kappa shape index (κ3) is 3.42. The van der Waals surface area contributed by atoms with Gasteiger partial charge in [0.05, 0.1) is 11.6 Å². The largest absolute Gasteiger partial charge is 0.370 e. The minimum atomic E-state index is 0.510. The van der Waals surface area contributed by atoms with Crippen LogP contribution in [-0.2, 0) is 6.54 Å². The molecule has 106 valence electrons. The summed E-state index contributed by atoms with van der Waals surface area (Å²) in [7, 11) is 0. The van der Waals surface area contributed by atoms with Crippen LogP contribution in [-0.4, -0.2) is 19.1 Å². The average Bonchev–Trinajstić information content (AvgIpc) is 3.03. The Hall–Kier alpha value is -2.31. The Morgan fingerprint density at radius 2 is 2.00 bits per heavy atom. The topological polar surface area (TPSA) is 39.1 Å². The van der Waals surface area contributed by atoms with Crippen molar-refractivity contribution in [2.45, 2.75) is 19.0 Å². The van der Waals surface area contributed by atoms with Crippen LogP contribution in [0.3, 0.4) is 0 Å². The third-order valence-electron chi connectivity index (χ3n) is 3.96. The molecule has 0 spiro atoms. The molecule has 3 heteroatoms. The summed E-state index contributed by atoms with van der Waals surface area (Å²) < 4.78 is 0. The SMILES string of the molecule is N#Cc1cccc(CN[C@@H]2CCN(c3ccccc3)C2)c1. The average molecular weight is 277 g/mol. The summed E-state index contributed by atoms with van der Waals surface area (Å²) >= 11 is 0. The first-order valence-corrected chi connectivity index (χ1v) is 7.37. The zero-order valence-electron chi connectivity index (χ0n) is 12.0. The van der Waals surface area contributed by atoms with Crippen molar-refractivity contribution < 1.29 is 0 Å². The normalized spacial score (nSPS) is 17.7. The maximum absolute atomic E-state index is 8.93. The van der Waals surface area contributed by atoms with Crippen molar-refractivity contribution in [3.63, 3.8) is 0 Å². The lowest BCUT2D eigenvalue weighted by Gasteiger charge is -2.19. The van der Waals surface area contributed by atoms with Gasteiger partial charge in [-0.05, 0) is 36.2 Å². The lowest BCUT2D eigenvalue weighted by molar-refractivity contribution is 0.551. The van der Waals surface area contributed by atoms with Crippen LogP contribution in [0.2, 0.25) is 0 Å². The van der Waals surface area contributed by atoms with Crippen LogP contribution in [0.25, 0.3) is 0 Å². The molecule has 1 N–H and O–H groups in total. The van der Waals surface area contributed by atoms with Gasteiger partial charge in [0, 0.05) is 31.4 Å². The zero-order valence-corrected chi connectivity index (χ0v) is 12.0. The molecule has 2 aromatic rings. The molecule has 0 amide bonds. The Morgan fingerprint density at radius 1 is 1.14 bits per heavy atom. The van der Waals surface area contributed by atoms with E-state index in [0.29, 0.717) is 6.04 Å². The van der Waals surface area contributed by atoms with Gasteiger partial charge in [-0.25, -0.2) is 0 Å². The van der Waals surface area contributed by atoms with Crippen molar-refractivity contribution in [1.29, 1.82) is 5.26 Å². The first-order chi connectivity index (χ1) is 10.3. The lowest BCUT2D eigenvalue weighted by atomic mass is 10.1. The number of hydrogen-bond acceptors (Lipinski definition) is 3. The summed E-state index contributed by atoms with van der Waals surface area (Å²) in [6, 6.07) is 21.1. The van der Waals surface area contributed by atoms with Gasteiger partial charge in [-0.15, -0.1) is 0 Å². The minimum absolute atomic E-state index is 0.510. The molecule has 3 rings (SSSR count). The van der Waals surface area contributed by atoms with Crippen LogP contribution in [0, 0.1) is 11.3 Å². The van der Waals surface area contributed by atoms with Crippen LogP contribution in [0.5, 0.6) is 0 Å². The molecular formula is C18H19N3. The van der Waals surface area contributed by atoms with E-state index in [1.807, 2.05) is 18.2 Å². The molecule has 21 heavy (non-hydrogen) atoms. The van der Waals surface area contributed by atoms with Crippen molar-refractivity contribution in [3.05, 3.63) is 65.7 Å². The number of nitrogens with zero attached hydrogens (tertiary/aromatic N) is 2. The highest BCUT2D eigenvalue weighted by atomic mass is 15.2. The van der Waals surface area contributed by atoms with E-state index in [-0.39, 0.29) is 0 Å². The molecule has 1 aliphatic rings. The van der Waals surface area contributed by atoms with E-state index in [1.165, 1.54) is 11.3 Å². The Labute approximate surface area is 125 Å². The van der Waals surface area contributed by atoms with Crippen LogP contribution < -0.4 is 10.2 Å². The lowest BCUT2D eigenvalue weighted by Crippen LogP contribution is -2.32. The van der Waals surface area contributed by atoms with E-state index in [1.54, 1.807) is 0 Å². The summed E-state index contributed by atoms with van der Waals surface area (Å²) in [5.41, 5.74) is 3.20. The molecule has 1 aliphatic heterocycles. The van der Waals surface area contributed by atoms with Crippen molar-refractivity contribution in [2.24, 2.45) is 0 Å². The van der Waals surface area contributed by atoms with Gasteiger partial charge in [-0.3, -0.25) is 0 Å². The summed E-state index contributed by atoms with van der Waals surface area (Å²) in [6.07, 6.45) is 1.16. The predicted molar refractivity (Wildman–Crippen MR) is 85.1 cm³/mol. The Balaban J connectivity index is 1.54. The second kappa shape index (κ2) is 6.43. The number of nitriles is 1. The van der Waals surface area contributed by atoms with Crippen LogP contribution >= 0.6 is 0 Å². The van der Waals surface area contributed by atoms with Gasteiger partial charge in [0.15, 0.2) is 0 Å². The zero-order chi connectivity index (χ0) is 14.5. The summed E-state index contributed by atoms with van der Waals surface area (Å²) in [4.78, 5) is 2.42. The van der Waals surface area contributed by atoms with Crippen LogP contribution in [0.4, 0.5) is 5.69 Å². The summed E-state index contributed by atoms with van der Waals surface area (Å²) in [5.74, 6) is 0. The Bertz CT molecular complexity index is 630. The third-order valence-corrected chi connectivity index (χ3v) is 3.96. The number of hydrogen-bond donors (Lipinski definition) is 1. The number of nitrogens with one attached hydrogen (secondary N) is 1. The van der Waals surface area contributed by atoms with E-state index in [9.17, 15) is 0 Å². The quantitative estimate of drug-likeness (QED) is 0.934. The molecule has 1 saturated heterocycles. The van der Waals surface area contributed by atoms with Gasteiger partial charge in [0.25, 0.3) is 0 Å². The molecule has 1 heterocycles. The highest BCUT2D eigenvalue weighted by Gasteiger charge is 2.21. The number of benzene rings is 2. The molecule has 3 nitrogen and oxygen atoms in total. The molecule has 0 bridgehead atoms. The number of anilines is 1. The smallest absolute Gasteiger partial charge is 0.0991 e. The van der Waals surface area contributed by atoms with Gasteiger partial charge < -0.3 is 10.2 Å². The molecule has 1 atom stereocenters. The summed E-state index contributed by atoms with van der Waals surface area (Å²) in [6.45, 7) is 2.96. The maximum atomic E-state index is 8.93. The Kier molecular flexibility index (Phi) is 4.18. The molecule has 0 radical (unpaired) electrons. The van der Waals surface area contributed by atoms with Gasteiger partial charge in [-0.2, -0.15) is 5.26 Å². The van der Waals surface area contributed by atoms with Crippen LogP contribution in [0.15, 0.2) is 54.6 Å². The van der Waals surface area contributed by atoms with E-state index >= 15 is 0 Å². The first-order valence-electron chi connectivity index (χ1n) is 7.37. The fraction of sp³-hybridized carbons (Fsp3) is 0.278. The van der Waals surface area contributed by atoms with Crippen LogP contribution in [0.1, 0.15) is 17.5 Å². The standard InChI is InChI=1S/C18H19N3/c19-12-15-5-4-6-16(11-15)13-20-17-9-10-21(14-17)18-7-2-1-3-8-18/h1-8,11,17,20H,9-10,13-14H2/t17-/m1/s1. The van der Waals surface area contributed by atoms with E-state index in [2.05, 4.69) is 52.7 Å². The Morgan fingerprint density at radius 3 is 2.81 bits per heavy atom. The van der Waals surface area contributed by atoms with E-state index < -0.39 is 0 Å². The van der Waals surface area contributed by atoms with Gasteiger partial charge in [-0.1, -0.05) is 30.3 Å². The number of para-hydroxylation sites is 1. The molecular weight excluding hydrogens is 258 g/mol. The molecule has 0 aromatic heterocycles. The first kappa shape index (κ1) is 13.7. The fourth-order valence-electron chi connectivity index (χ4n) is 2.81. The van der Waals surface area contributed by atoms with Gasteiger partial charge >= 0.3 is 0 Å². The van der Waals surface area contributed by atoms with Crippen molar-refractivity contribution >= 4 is 5.69 Å². The molecule has 0 saturated carbocycles. The van der Waals surface area contributed by atoms with Gasteiger partial charge in [0.2, 0.25) is 0 Å². The fourth-order valence-corrected chi connectivity index (χ4v) is 2.81. The van der Waals surface area contributed by atoms with Crippen molar-refractivity contribution in [2.75, 3.05) is 18.0 Å². The minimum Gasteiger partial charge on any atom is -0.370 e. The van der Waals surface area contributed by atoms with Gasteiger partial charge in [0.1, 0.15) is 0 Å². The van der Waals surface area contributed by atoms with Crippen molar-refractivity contribution in [3.8, 4) is 6.07 Å². The predicted octanol–water partition coefficient (Wildman–Crippen LogP) is 2.93. The van der Waals surface area contributed by atoms with Crippen molar-refractivity contribution in [1.82, 2.24) is 5.32 Å². The second-order valence-electron chi connectivity index (χ2n) is 5.46. The highest BCUT2D eigenvalue weighted by molar-refractivity contribution is 5.47.